The lowest BCUT2D eigenvalue weighted by molar-refractivity contribution is 0.104. The highest BCUT2D eigenvalue weighted by Crippen LogP contribution is 2.32. The molecule has 0 unspecified atom stereocenters. The minimum absolute atomic E-state index is 0.521. The summed E-state index contributed by atoms with van der Waals surface area (Å²) in [7, 11) is 0. The molecule has 0 fully saturated rings. The van der Waals surface area contributed by atoms with E-state index in [1.807, 2.05) is 26.8 Å². The van der Waals surface area contributed by atoms with Crippen molar-refractivity contribution in [2.24, 2.45) is 0 Å². The van der Waals surface area contributed by atoms with Crippen LogP contribution in [0.5, 0.6) is 0 Å². The van der Waals surface area contributed by atoms with E-state index in [4.69, 9.17) is 4.74 Å². The Kier molecular flexibility index (Phi) is 4.88. The number of aryl methyl sites for hydroxylation is 1. The zero-order valence-corrected chi connectivity index (χ0v) is 14.6. The maximum atomic E-state index is 5.78. The Bertz CT molecular complexity index is 777. The highest BCUT2D eigenvalue weighted by Gasteiger charge is 2.22. The number of ether oxygens (including phenoxy) is 1. The van der Waals surface area contributed by atoms with Gasteiger partial charge in [0.2, 0.25) is 0 Å². The van der Waals surface area contributed by atoms with E-state index in [2.05, 4.69) is 44.4 Å². The van der Waals surface area contributed by atoms with E-state index < -0.39 is 0 Å². The highest BCUT2D eigenvalue weighted by atomic mass is 32.1. The number of rotatable bonds is 2. The van der Waals surface area contributed by atoms with Gasteiger partial charge in [-0.05, 0) is 29.9 Å². The third kappa shape index (κ3) is 3.07. The summed E-state index contributed by atoms with van der Waals surface area (Å²) in [6.45, 7) is 7.15. The maximum Gasteiger partial charge on any atom is 0.164 e. The van der Waals surface area contributed by atoms with Gasteiger partial charge >= 0.3 is 0 Å². The summed E-state index contributed by atoms with van der Waals surface area (Å²) in [5.41, 5.74) is 3.93. The Morgan fingerprint density at radius 3 is 2.70 bits per heavy atom. The second-order valence-electron chi connectivity index (χ2n) is 5.20. The zero-order valence-electron chi connectivity index (χ0n) is 13.7. The Morgan fingerprint density at radius 1 is 1.13 bits per heavy atom. The molecular weight excluding hydrogens is 306 g/mol. The van der Waals surface area contributed by atoms with Crippen LogP contribution in [0.15, 0.2) is 35.7 Å². The van der Waals surface area contributed by atoms with Crippen molar-refractivity contribution in [1.82, 2.24) is 14.8 Å². The van der Waals surface area contributed by atoms with Crippen molar-refractivity contribution in [3.05, 3.63) is 64.1 Å². The first-order valence-corrected chi connectivity index (χ1v) is 8.83. The van der Waals surface area contributed by atoms with Crippen molar-refractivity contribution in [1.29, 1.82) is 0 Å². The minimum Gasteiger partial charge on any atom is -0.369 e. The first kappa shape index (κ1) is 15.9. The Morgan fingerprint density at radius 2 is 1.91 bits per heavy atom. The zero-order chi connectivity index (χ0) is 16.2. The van der Waals surface area contributed by atoms with E-state index >= 15 is 0 Å². The molecule has 120 valence electrons. The van der Waals surface area contributed by atoms with Crippen molar-refractivity contribution in [2.75, 3.05) is 0 Å². The van der Waals surface area contributed by atoms with Gasteiger partial charge in [-0.3, -0.25) is 4.57 Å². The Balaban J connectivity index is 0.000000753. The van der Waals surface area contributed by atoms with Gasteiger partial charge in [0.05, 0.1) is 6.61 Å². The van der Waals surface area contributed by atoms with Crippen LogP contribution in [-0.2, 0) is 24.4 Å². The number of hydrogen-bond acceptors (Lipinski definition) is 4. The summed E-state index contributed by atoms with van der Waals surface area (Å²) in [5, 5.41) is 11.8. The molecule has 3 aromatic rings. The molecule has 3 heterocycles. The topological polar surface area (TPSA) is 39.9 Å². The molecule has 0 aliphatic carbocycles. The second-order valence-corrected chi connectivity index (χ2v) is 6.06. The van der Waals surface area contributed by atoms with Crippen LogP contribution in [0, 0.1) is 6.92 Å². The van der Waals surface area contributed by atoms with Crippen LogP contribution < -0.4 is 0 Å². The molecule has 1 aliphatic rings. The number of thiophene rings is 1. The third-order valence-electron chi connectivity index (χ3n) is 3.77. The van der Waals surface area contributed by atoms with Gasteiger partial charge in [0.25, 0.3) is 0 Å². The second kappa shape index (κ2) is 7.06. The first-order valence-electron chi connectivity index (χ1n) is 7.95. The molecule has 0 saturated heterocycles. The molecule has 0 N–H and O–H groups in total. The van der Waals surface area contributed by atoms with Gasteiger partial charge in [0.15, 0.2) is 5.82 Å². The van der Waals surface area contributed by atoms with E-state index in [1.54, 1.807) is 11.3 Å². The van der Waals surface area contributed by atoms with E-state index in [0.717, 1.165) is 18.1 Å². The lowest BCUT2D eigenvalue weighted by Crippen LogP contribution is -2.00. The summed E-state index contributed by atoms with van der Waals surface area (Å²) in [6.07, 6.45) is 0.937. The Hall–Kier alpha value is -1.98. The molecule has 0 saturated carbocycles. The van der Waals surface area contributed by atoms with Crippen LogP contribution in [-0.4, -0.2) is 14.8 Å². The number of benzene rings is 1. The monoisotopic (exact) mass is 327 g/mol. The number of nitrogens with zero attached hydrogens (tertiary/aromatic N) is 3. The fraction of sp³-hybridized carbons (Fsp3) is 0.333. The lowest BCUT2D eigenvalue weighted by Gasteiger charge is -2.06. The summed E-state index contributed by atoms with van der Waals surface area (Å²) in [5.74, 6) is 1.81. The van der Waals surface area contributed by atoms with Crippen molar-refractivity contribution >= 4 is 11.3 Å². The van der Waals surface area contributed by atoms with Crippen LogP contribution in [0.25, 0.3) is 5.00 Å². The molecule has 1 aliphatic heterocycles. The molecule has 4 nitrogen and oxygen atoms in total. The van der Waals surface area contributed by atoms with E-state index in [1.165, 1.54) is 21.7 Å². The van der Waals surface area contributed by atoms with Gasteiger partial charge in [-0.25, -0.2) is 0 Å². The van der Waals surface area contributed by atoms with Gasteiger partial charge in [-0.15, -0.1) is 21.5 Å². The first-order chi connectivity index (χ1) is 11.3. The number of aromatic nitrogens is 3. The normalized spacial score (nSPS) is 12.7. The summed E-state index contributed by atoms with van der Waals surface area (Å²) in [6, 6.07) is 10.5. The molecule has 23 heavy (non-hydrogen) atoms. The molecule has 2 aromatic heterocycles. The van der Waals surface area contributed by atoms with Crippen LogP contribution in [0.4, 0.5) is 0 Å². The number of fused-ring (bicyclic) bond motifs is 3. The summed E-state index contributed by atoms with van der Waals surface area (Å²) < 4.78 is 7.91. The molecule has 1 aromatic carbocycles. The SMILES string of the molecule is CC.Cc1nnc2n1-c1scc(Cc3ccccc3)c1COC2. The minimum atomic E-state index is 0.521. The molecule has 0 atom stereocenters. The van der Waals surface area contributed by atoms with E-state index in [0.29, 0.717) is 13.2 Å². The predicted octanol–water partition coefficient (Wildman–Crippen LogP) is 4.28. The van der Waals surface area contributed by atoms with Crippen molar-refractivity contribution < 1.29 is 4.74 Å². The van der Waals surface area contributed by atoms with Crippen molar-refractivity contribution in [2.45, 2.75) is 40.4 Å². The van der Waals surface area contributed by atoms with Gasteiger partial charge in [-0.2, -0.15) is 0 Å². The van der Waals surface area contributed by atoms with Gasteiger partial charge in [-0.1, -0.05) is 44.2 Å². The van der Waals surface area contributed by atoms with Crippen LogP contribution in [0.1, 0.15) is 42.2 Å². The van der Waals surface area contributed by atoms with Crippen molar-refractivity contribution in [3.63, 3.8) is 0 Å². The standard InChI is InChI=1S/C16H15N3OS.C2H6/c1-11-17-18-15-9-20-8-14-13(10-21-16(14)19(11)15)7-12-5-3-2-4-6-12;1-2/h2-6,10H,7-9H2,1H3;1-2H3. The quantitative estimate of drug-likeness (QED) is 0.705. The molecule has 0 radical (unpaired) electrons. The Labute approximate surface area is 140 Å². The van der Waals surface area contributed by atoms with E-state index in [-0.39, 0.29) is 0 Å². The fourth-order valence-electron chi connectivity index (χ4n) is 2.72. The van der Waals surface area contributed by atoms with Crippen LogP contribution in [0.3, 0.4) is 0 Å². The molecule has 0 spiro atoms. The maximum absolute atomic E-state index is 5.78. The van der Waals surface area contributed by atoms with E-state index in [9.17, 15) is 0 Å². The average molecular weight is 327 g/mol. The van der Waals surface area contributed by atoms with Crippen LogP contribution in [0.2, 0.25) is 0 Å². The average Bonchev–Trinajstić information content (AvgIpc) is 3.09. The smallest absolute Gasteiger partial charge is 0.164 e. The highest BCUT2D eigenvalue weighted by molar-refractivity contribution is 7.12. The summed E-state index contributed by atoms with van der Waals surface area (Å²) in [4.78, 5) is 0. The van der Waals surface area contributed by atoms with Crippen LogP contribution >= 0.6 is 11.3 Å². The number of hydrogen-bond donors (Lipinski definition) is 0. The van der Waals surface area contributed by atoms with Crippen molar-refractivity contribution in [3.8, 4) is 5.00 Å². The molecular formula is C18H21N3OS. The largest absolute Gasteiger partial charge is 0.369 e. The third-order valence-corrected chi connectivity index (χ3v) is 4.82. The molecule has 5 heteroatoms. The fourth-order valence-corrected chi connectivity index (χ4v) is 3.88. The lowest BCUT2D eigenvalue weighted by atomic mass is 10.0. The molecule has 0 bridgehead atoms. The van der Waals surface area contributed by atoms with Gasteiger partial charge < -0.3 is 4.74 Å². The molecule has 4 rings (SSSR count). The predicted molar refractivity (Wildman–Crippen MR) is 93.1 cm³/mol. The van der Waals surface area contributed by atoms with Gasteiger partial charge in [0, 0.05) is 5.56 Å². The summed E-state index contributed by atoms with van der Waals surface area (Å²) >= 11 is 1.75. The molecule has 0 amide bonds. The van der Waals surface area contributed by atoms with Gasteiger partial charge in [0.1, 0.15) is 17.4 Å².